The molecule has 0 aliphatic carbocycles. The zero-order valence-corrected chi connectivity index (χ0v) is 13.9. The van der Waals surface area contributed by atoms with Crippen molar-refractivity contribution >= 4 is 8.07 Å². The van der Waals surface area contributed by atoms with Crippen LogP contribution in [-0.2, 0) is 4.74 Å². The highest BCUT2D eigenvalue weighted by Crippen LogP contribution is 2.24. The van der Waals surface area contributed by atoms with Gasteiger partial charge < -0.3 is 9.64 Å². The molecule has 114 valence electrons. The molecule has 21 heavy (non-hydrogen) atoms. The summed E-state index contributed by atoms with van der Waals surface area (Å²) in [4.78, 5) is 12.8. The summed E-state index contributed by atoms with van der Waals surface area (Å²) in [7, 11) is -1.47. The van der Waals surface area contributed by atoms with Crippen LogP contribution in [0.3, 0.4) is 0 Å². The number of allylic oxidation sites excluding steroid dienone is 3. The fourth-order valence-electron chi connectivity index (χ4n) is 2.39. The van der Waals surface area contributed by atoms with Gasteiger partial charge in [-0.15, -0.1) is 5.54 Å². The van der Waals surface area contributed by atoms with Gasteiger partial charge in [0.1, 0.15) is 14.6 Å². The van der Waals surface area contributed by atoms with Crippen molar-refractivity contribution in [2.75, 3.05) is 19.8 Å². The Morgan fingerprint density at radius 2 is 2.00 bits per heavy atom. The van der Waals surface area contributed by atoms with Crippen molar-refractivity contribution in [2.45, 2.75) is 38.5 Å². The van der Waals surface area contributed by atoms with E-state index < -0.39 is 8.07 Å². The first-order valence-electron chi connectivity index (χ1n) is 7.29. The minimum absolute atomic E-state index is 0.236. The molecule has 0 aromatic carbocycles. The smallest absolute Gasteiger partial charge is 0.265 e. The molecule has 0 saturated carbocycles. The SMILES string of the molecule is C[Si](C)(C)C#CC1=CC=C([N+](=O)[O-])CN1C1CCOCC1. The highest BCUT2D eigenvalue weighted by atomic mass is 28.3. The lowest BCUT2D eigenvalue weighted by atomic mass is 10.0. The predicted octanol–water partition coefficient (Wildman–Crippen LogP) is 2.41. The summed E-state index contributed by atoms with van der Waals surface area (Å²) < 4.78 is 5.39. The predicted molar refractivity (Wildman–Crippen MR) is 84.8 cm³/mol. The Labute approximate surface area is 126 Å². The lowest BCUT2D eigenvalue weighted by Crippen LogP contribution is -2.41. The van der Waals surface area contributed by atoms with E-state index in [1.165, 1.54) is 0 Å². The van der Waals surface area contributed by atoms with E-state index in [0.29, 0.717) is 19.8 Å². The van der Waals surface area contributed by atoms with Gasteiger partial charge in [0.25, 0.3) is 5.70 Å². The number of ether oxygens (including phenoxy) is 1. The molecule has 0 unspecified atom stereocenters. The summed E-state index contributed by atoms with van der Waals surface area (Å²) in [5.41, 5.74) is 4.50. The highest BCUT2D eigenvalue weighted by molar-refractivity contribution is 6.83. The van der Waals surface area contributed by atoms with Crippen LogP contribution in [0.15, 0.2) is 23.5 Å². The summed E-state index contributed by atoms with van der Waals surface area (Å²) in [5, 5.41) is 11.0. The lowest BCUT2D eigenvalue weighted by molar-refractivity contribution is -0.428. The standard InChI is InChI=1S/C15H22N2O3Si/c1-21(2,3)11-8-13-4-5-15(17(18)19)12-16(13)14-6-9-20-10-7-14/h4-5,14H,6-7,9-10,12H2,1-3H3. The third-order valence-electron chi connectivity index (χ3n) is 3.51. The van der Waals surface area contributed by atoms with E-state index in [9.17, 15) is 10.1 Å². The first kappa shape index (κ1) is 15.8. The molecule has 1 fully saturated rings. The van der Waals surface area contributed by atoms with Gasteiger partial charge in [-0.3, -0.25) is 10.1 Å². The molecule has 0 N–H and O–H groups in total. The van der Waals surface area contributed by atoms with Crippen molar-refractivity contribution in [3.8, 4) is 11.5 Å². The Morgan fingerprint density at radius 3 is 2.57 bits per heavy atom. The minimum Gasteiger partial charge on any atom is -0.381 e. The number of nitro groups is 1. The van der Waals surface area contributed by atoms with Gasteiger partial charge in [-0.05, 0) is 18.9 Å². The largest absolute Gasteiger partial charge is 0.381 e. The molecule has 2 heterocycles. The van der Waals surface area contributed by atoms with Crippen LogP contribution < -0.4 is 0 Å². The normalized spacial score (nSPS) is 20.2. The third-order valence-corrected chi connectivity index (χ3v) is 4.38. The van der Waals surface area contributed by atoms with E-state index >= 15 is 0 Å². The number of hydrogen-bond donors (Lipinski definition) is 0. The van der Waals surface area contributed by atoms with Gasteiger partial charge in [0.05, 0.1) is 10.6 Å². The molecular formula is C15H22N2O3Si. The van der Waals surface area contributed by atoms with E-state index in [0.717, 1.165) is 18.5 Å². The van der Waals surface area contributed by atoms with Crippen LogP contribution in [0, 0.1) is 21.6 Å². The molecule has 1 saturated heterocycles. The summed E-state index contributed by atoms with van der Waals surface area (Å²) in [6, 6.07) is 0.282. The molecule has 2 rings (SSSR count). The van der Waals surface area contributed by atoms with Crippen LogP contribution in [0.5, 0.6) is 0 Å². The highest BCUT2D eigenvalue weighted by Gasteiger charge is 2.29. The second-order valence-corrected chi connectivity index (χ2v) is 11.2. The van der Waals surface area contributed by atoms with Crippen molar-refractivity contribution in [3.05, 3.63) is 33.7 Å². The Hall–Kier alpha value is -1.58. The minimum atomic E-state index is -1.47. The second kappa shape index (κ2) is 6.46. The van der Waals surface area contributed by atoms with Crippen LogP contribution >= 0.6 is 0 Å². The molecular weight excluding hydrogens is 284 g/mol. The van der Waals surface area contributed by atoms with Gasteiger partial charge in [0.2, 0.25) is 0 Å². The van der Waals surface area contributed by atoms with E-state index in [4.69, 9.17) is 4.74 Å². The van der Waals surface area contributed by atoms with Crippen LogP contribution in [0.4, 0.5) is 0 Å². The summed E-state index contributed by atoms with van der Waals surface area (Å²) in [6.07, 6.45) is 5.18. The first-order valence-corrected chi connectivity index (χ1v) is 10.8. The van der Waals surface area contributed by atoms with E-state index in [1.807, 2.05) is 0 Å². The molecule has 0 atom stereocenters. The summed E-state index contributed by atoms with van der Waals surface area (Å²) >= 11 is 0. The van der Waals surface area contributed by atoms with Crippen molar-refractivity contribution in [1.29, 1.82) is 0 Å². The Balaban J connectivity index is 2.26. The average molecular weight is 306 g/mol. The zero-order chi connectivity index (χ0) is 15.5. The van der Waals surface area contributed by atoms with Crippen LogP contribution in [-0.4, -0.2) is 43.7 Å². The summed E-state index contributed by atoms with van der Waals surface area (Å²) in [6.45, 7) is 8.35. The monoisotopic (exact) mass is 306 g/mol. The molecule has 0 bridgehead atoms. The molecule has 2 aliphatic heterocycles. The molecule has 5 nitrogen and oxygen atoms in total. The van der Waals surface area contributed by atoms with Crippen molar-refractivity contribution in [1.82, 2.24) is 4.90 Å². The average Bonchev–Trinajstić information content (AvgIpc) is 2.45. The van der Waals surface area contributed by atoms with Crippen LogP contribution in [0.25, 0.3) is 0 Å². The first-order chi connectivity index (χ1) is 9.87. The number of nitrogens with zero attached hydrogens (tertiary/aromatic N) is 2. The topological polar surface area (TPSA) is 55.6 Å². The molecule has 0 spiro atoms. The van der Waals surface area contributed by atoms with Gasteiger partial charge in [0, 0.05) is 25.3 Å². The van der Waals surface area contributed by atoms with Gasteiger partial charge in [-0.2, -0.15) is 0 Å². The fourth-order valence-corrected chi connectivity index (χ4v) is 2.89. The fraction of sp³-hybridized carbons (Fsp3) is 0.600. The van der Waals surface area contributed by atoms with Crippen molar-refractivity contribution in [3.63, 3.8) is 0 Å². The van der Waals surface area contributed by atoms with E-state index in [1.54, 1.807) is 12.2 Å². The molecule has 0 aromatic heterocycles. The number of rotatable bonds is 2. The van der Waals surface area contributed by atoms with Gasteiger partial charge >= 0.3 is 0 Å². The Bertz CT molecular complexity index is 531. The van der Waals surface area contributed by atoms with Crippen molar-refractivity contribution in [2.24, 2.45) is 0 Å². The van der Waals surface area contributed by atoms with Gasteiger partial charge in [-0.1, -0.05) is 25.6 Å². The number of hydrogen-bond acceptors (Lipinski definition) is 4. The maximum Gasteiger partial charge on any atom is 0.265 e. The van der Waals surface area contributed by atoms with E-state index in [-0.39, 0.29) is 16.7 Å². The molecule has 0 aromatic rings. The molecule has 2 aliphatic rings. The zero-order valence-electron chi connectivity index (χ0n) is 12.9. The maximum atomic E-state index is 11.0. The molecule has 0 radical (unpaired) electrons. The quantitative estimate of drug-likeness (QED) is 0.340. The maximum absolute atomic E-state index is 11.0. The van der Waals surface area contributed by atoms with Gasteiger partial charge in [-0.25, -0.2) is 0 Å². The lowest BCUT2D eigenvalue weighted by Gasteiger charge is -2.36. The summed E-state index contributed by atoms with van der Waals surface area (Å²) in [5.74, 6) is 3.26. The van der Waals surface area contributed by atoms with Gasteiger partial charge in [0.15, 0.2) is 0 Å². The van der Waals surface area contributed by atoms with E-state index in [2.05, 4.69) is 36.0 Å². The molecule has 0 amide bonds. The van der Waals surface area contributed by atoms with Crippen LogP contribution in [0.2, 0.25) is 19.6 Å². The third kappa shape index (κ3) is 4.44. The Kier molecular flexibility index (Phi) is 4.86. The van der Waals surface area contributed by atoms with Crippen LogP contribution in [0.1, 0.15) is 12.8 Å². The molecule has 6 heteroatoms. The second-order valence-electron chi connectivity index (χ2n) is 6.44. The van der Waals surface area contributed by atoms with Crippen molar-refractivity contribution < 1.29 is 9.66 Å². The Morgan fingerprint density at radius 1 is 1.33 bits per heavy atom.